The number of hydrogen-bond acceptors (Lipinski definition) is 2. The fourth-order valence-electron chi connectivity index (χ4n) is 3.31. The summed E-state index contributed by atoms with van der Waals surface area (Å²) in [6.45, 7) is 2.90. The smallest absolute Gasteiger partial charge is 0.353 e. The number of hydrogen-bond donors (Lipinski definition) is 2. The highest BCUT2D eigenvalue weighted by molar-refractivity contribution is 5.85. The molecule has 1 aliphatic carbocycles. The van der Waals surface area contributed by atoms with Crippen molar-refractivity contribution in [3.05, 3.63) is 0 Å². The van der Waals surface area contributed by atoms with Crippen LogP contribution in [-0.2, 0) is 4.79 Å². The summed E-state index contributed by atoms with van der Waals surface area (Å²) in [6.07, 6.45) is -1.27. The van der Waals surface area contributed by atoms with Gasteiger partial charge in [0.2, 0.25) is 5.91 Å². The second kappa shape index (κ2) is 7.68. The van der Waals surface area contributed by atoms with Crippen LogP contribution in [0.1, 0.15) is 45.4 Å². The zero-order valence-electron chi connectivity index (χ0n) is 12.2. The van der Waals surface area contributed by atoms with Crippen LogP contribution in [0.5, 0.6) is 0 Å². The van der Waals surface area contributed by atoms with E-state index in [1.54, 1.807) is 0 Å². The maximum atomic E-state index is 12.7. The zero-order valence-corrected chi connectivity index (χ0v) is 13.0. The van der Waals surface area contributed by atoms with Crippen molar-refractivity contribution in [3.63, 3.8) is 0 Å². The number of halogens is 4. The second-order valence-corrected chi connectivity index (χ2v) is 6.19. The quantitative estimate of drug-likeness (QED) is 0.818. The lowest BCUT2D eigenvalue weighted by molar-refractivity contribution is -0.186. The molecule has 4 atom stereocenters. The van der Waals surface area contributed by atoms with Crippen LogP contribution >= 0.6 is 12.4 Å². The topological polar surface area (TPSA) is 41.1 Å². The Bertz CT molecular complexity index is 352. The Morgan fingerprint density at radius 1 is 1.19 bits per heavy atom. The van der Waals surface area contributed by atoms with Gasteiger partial charge in [0, 0.05) is 18.0 Å². The van der Waals surface area contributed by atoms with Gasteiger partial charge in [-0.25, -0.2) is 0 Å². The van der Waals surface area contributed by atoms with Gasteiger partial charge in [-0.3, -0.25) is 4.79 Å². The SMILES string of the molecule is CC1CC(NC(=O)C2CCCC(C(F)(F)F)C2)CCN1.Cl. The molecule has 124 valence electrons. The van der Waals surface area contributed by atoms with Gasteiger partial charge in [0.25, 0.3) is 0 Å². The molecule has 0 aromatic carbocycles. The first kappa shape index (κ1) is 18.6. The lowest BCUT2D eigenvalue weighted by atomic mass is 9.80. The van der Waals surface area contributed by atoms with Crippen molar-refractivity contribution < 1.29 is 18.0 Å². The van der Waals surface area contributed by atoms with Crippen LogP contribution in [0.4, 0.5) is 13.2 Å². The molecule has 2 rings (SSSR count). The summed E-state index contributed by atoms with van der Waals surface area (Å²) >= 11 is 0. The standard InChI is InChI=1S/C14H23F3N2O.ClH/c1-9-7-12(5-6-18-9)19-13(20)10-3-2-4-11(8-10)14(15,16)17;/h9-12,18H,2-8H2,1H3,(H,19,20);1H. The van der Waals surface area contributed by atoms with E-state index in [1.807, 2.05) is 0 Å². The van der Waals surface area contributed by atoms with E-state index in [-0.39, 0.29) is 37.2 Å². The first-order chi connectivity index (χ1) is 9.36. The van der Waals surface area contributed by atoms with Gasteiger partial charge in [-0.05, 0) is 45.6 Å². The largest absolute Gasteiger partial charge is 0.391 e. The number of carbonyl (C=O) groups excluding carboxylic acids is 1. The predicted molar refractivity (Wildman–Crippen MR) is 77.4 cm³/mol. The highest BCUT2D eigenvalue weighted by atomic mass is 35.5. The van der Waals surface area contributed by atoms with E-state index in [0.29, 0.717) is 18.9 Å². The van der Waals surface area contributed by atoms with Gasteiger partial charge >= 0.3 is 6.18 Å². The van der Waals surface area contributed by atoms with Gasteiger partial charge in [0.05, 0.1) is 5.92 Å². The third kappa shape index (κ3) is 5.33. The van der Waals surface area contributed by atoms with Crippen molar-refractivity contribution in [2.45, 2.75) is 63.7 Å². The normalized spacial score (nSPS) is 33.9. The first-order valence-electron chi connectivity index (χ1n) is 7.46. The van der Waals surface area contributed by atoms with Crippen molar-refractivity contribution in [2.24, 2.45) is 11.8 Å². The molecule has 21 heavy (non-hydrogen) atoms. The van der Waals surface area contributed by atoms with Gasteiger partial charge in [0.15, 0.2) is 0 Å². The van der Waals surface area contributed by atoms with Crippen molar-refractivity contribution in [2.75, 3.05) is 6.54 Å². The van der Waals surface area contributed by atoms with Crippen LogP contribution < -0.4 is 10.6 Å². The molecule has 1 aliphatic heterocycles. The Labute approximate surface area is 129 Å². The van der Waals surface area contributed by atoms with Crippen molar-refractivity contribution in [1.29, 1.82) is 0 Å². The monoisotopic (exact) mass is 328 g/mol. The Kier molecular flexibility index (Phi) is 6.78. The summed E-state index contributed by atoms with van der Waals surface area (Å²) in [7, 11) is 0. The fourth-order valence-corrected chi connectivity index (χ4v) is 3.31. The molecule has 3 nitrogen and oxygen atoms in total. The number of carbonyl (C=O) groups is 1. The Morgan fingerprint density at radius 3 is 2.52 bits per heavy atom. The summed E-state index contributed by atoms with van der Waals surface area (Å²) in [4.78, 5) is 12.1. The van der Waals surface area contributed by atoms with Gasteiger partial charge in [-0.1, -0.05) is 6.42 Å². The van der Waals surface area contributed by atoms with E-state index < -0.39 is 18.0 Å². The molecule has 0 radical (unpaired) electrons. The molecule has 0 aromatic heterocycles. The molecule has 4 unspecified atom stereocenters. The third-order valence-corrected chi connectivity index (χ3v) is 4.48. The predicted octanol–water partition coefficient (Wildman–Crippen LogP) is 3.03. The Hall–Kier alpha value is -0.490. The van der Waals surface area contributed by atoms with Gasteiger partial charge < -0.3 is 10.6 Å². The maximum Gasteiger partial charge on any atom is 0.391 e. The molecule has 1 saturated carbocycles. The minimum Gasteiger partial charge on any atom is -0.353 e. The average Bonchev–Trinajstić information content (AvgIpc) is 2.38. The van der Waals surface area contributed by atoms with Gasteiger partial charge in [-0.2, -0.15) is 13.2 Å². The van der Waals surface area contributed by atoms with E-state index in [2.05, 4.69) is 17.6 Å². The fraction of sp³-hybridized carbons (Fsp3) is 0.929. The molecule has 1 heterocycles. The van der Waals surface area contributed by atoms with Crippen LogP contribution in [-0.4, -0.2) is 30.7 Å². The van der Waals surface area contributed by atoms with E-state index in [4.69, 9.17) is 0 Å². The van der Waals surface area contributed by atoms with Crippen molar-refractivity contribution in [1.82, 2.24) is 10.6 Å². The first-order valence-corrected chi connectivity index (χ1v) is 7.46. The Balaban J connectivity index is 0.00000220. The molecule has 1 amide bonds. The van der Waals surface area contributed by atoms with E-state index in [0.717, 1.165) is 19.4 Å². The number of amides is 1. The van der Waals surface area contributed by atoms with Crippen molar-refractivity contribution in [3.8, 4) is 0 Å². The summed E-state index contributed by atoms with van der Waals surface area (Å²) < 4.78 is 38.2. The highest BCUT2D eigenvalue weighted by Crippen LogP contribution is 2.40. The van der Waals surface area contributed by atoms with Crippen LogP contribution in [0.15, 0.2) is 0 Å². The molecule has 0 spiro atoms. The Morgan fingerprint density at radius 2 is 1.90 bits per heavy atom. The lowest BCUT2D eigenvalue weighted by Crippen LogP contribution is -2.48. The molecule has 0 bridgehead atoms. The van der Waals surface area contributed by atoms with Gasteiger partial charge in [0.1, 0.15) is 0 Å². The molecule has 0 aromatic rings. The summed E-state index contributed by atoms with van der Waals surface area (Å²) in [5.74, 6) is -1.96. The number of piperidine rings is 1. The summed E-state index contributed by atoms with van der Waals surface area (Å²) in [6, 6.07) is 0.452. The van der Waals surface area contributed by atoms with E-state index in [9.17, 15) is 18.0 Å². The molecule has 7 heteroatoms. The number of rotatable bonds is 2. The zero-order chi connectivity index (χ0) is 14.8. The molecule has 2 N–H and O–H groups in total. The molecular formula is C14H24ClF3N2O. The second-order valence-electron chi connectivity index (χ2n) is 6.19. The highest BCUT2D eigenvalue weighted by Gasteiger charge is 2.43. The van der Waals surface area contributed by atoms with Crippen molar-refractivity contribution >= 4 is 18.3 Å². The van der Waals surface area contributed by atoms with Crippen LogP contribution in [0.2, 0.25) is 0 Å². The average molecular weight is 329 g/mol. The maximum absolute atomic E-state index is 12.7. The van der Waals surface area contributed by atoms with Gasteiger partial charge in [-0.15, -0.1) is 12.4 Å². The molecular weight excluding hydrogens is 305 g/mol. The molecule has 2 fully saturated rings. The number of alkyl halides is 3. The molecule has 2 aliphatic rings. The third-order valence-electron chi connectivity index (χ3n) is 4.48. The lowest BCUT2D eigenvalue weighted by Gasteiger charge is -2.33. The minimum atomic E-state index is -4.16. The summed E-state index contributed by atoms with van der Waals surface area (Å²) in [5, 5.41) is 6.24. The van der Waals surface area contributed by atoms with Crippen LogP contribution in [0.25, 0.3) is 0 Å². The number of nitrogens with one attached hydrogen (secondary N) is 2. The summed E-state index contributed by atoms with van der Waals surface area (Å²) in [5.41, 5.74) is 0. The van der Waals surface area contributed by atoms with Crippen LogP contribution in [0, 0.1) is 11.8 Å². The van der Waals surface area contributed by atoms with E-state index in [1.165, 1.54) is 0 Å². The van der Waals surface area contributed by atoms with E-state index >= 15 is 0 Å². The van der Waals surface area contributed by atoms with Crippen LogP contribution in [0.3, 0.4) is 0 Å². The minimum absolute atomic E-state index is 0. The molecule has 1 saturated heterocycles.